The molecule has 112 valence electrons. The standard InChI is InChI=1S/C15H18FN3OS/c1-10-3-5-12(21-10)9-19-15(17-2)18-8-11-4-6-14(20)13(16)7-11/h3-7,20H,8-9H2,1-2H3,(H2,17,18,19). The highest BCUT2D eigenvalue weighted by Crippen LogP contribution is 2.16. The number of phenols is 1. The van der Waals surface area contributed by atoms with Crippen molar-refractivity contribution in [1.29, 1.82) is 0 Å². The van der Waals surface area contributed by atoms with Crippen LogP contribution in [0, 0.1) is 12.7 Å². The van der Waals surface area contributed by atoms with Crippen LogP contribution in [-0.2, 0) is 13.1 Å². The van der Waals surface area contributed by atoms with Gasteiger partial charge in [-0.1, -0.05) is 6.07 Å². The summed E-state index contributed by atoms with van der Waals surface area (Å²) in [7, 11) is 1.69. The van der Waals surface area contributed by atoms with Crippen LogP contribution in [0.4, 0.5) is 4.39 Å². The molecule has 1 aromatic carbocycles. The van der Waals surface area contributed by atoms with Crippen molar-refractivity contribution in [2.24, 2.45) is 4.99 Å². The maximum Gasteiger partial charge on any atom is 0.191 e. The summed E-state index contributed by atoms with van der Waals surface area (Å²) in [6.45, 7) is 3.20. The molecule has 0 bridgehead atoms. The molecule has 1 aromatic heterocycles. The van der Waals surface area contributed by atoms with Crippen LogP contribution >= 0.6 is 11.3 Å². The maximum atomic E-state index is 13.2. The molecule has 4 nitrogen and oxygen atoms in total. The van der Waals surface area contributed by atoms with Crippen molar-refractivity contribution in [3.63, 3.8) is 0 Å². The van der Waals surface area contributed by atoms with E-state index in [-0.39, 0.29) is 5.75 Å². The normalized spacial score (nSPS) is 11.5. The number of nitrogens with one attached hydrogen (secondary N) is 2. The van der Waals surface area contributed by atoms with Crippen LogP contribution in [-0.4, -0.2) is 18.1 Å². The van der Waals surface area contributed by atoms with E-state index in [9.17, 15) is 4.39 Å². The van der Waals surface area contributed by atoms with E-state index < -0.39 is 5.82 Å². The molecule has 0 aliphatic rings. The van der Waals surface area contributed by atoms with Crippen molar-refractivity contribution in [3.8, 4) is 5.75 Å². The van der Waals surface area contributed by atoms with Crippen molar-refractivity contribution in [3.05, 3.63) is 51.5 Å². The Morgan fingerprint density at radius 3 is 2.62 bits per heavy atom. The van der Waals surface area contributed by atoms with Gasteiger partial charge in [0.05, 0.1) is 6.54 Å². The molecule has 6 heteroatoms. The smallest absolute Gasteiger partial charge is 0.191 e. The summed E-state index contributed by atoms with van der Waals surface area (Å²) in [4.78, 5) is 6.62. The first kappa shape index (κ1) is 15.3. The zero-order valence-electron chi connectivity index (χ0n) is 12.0. The second-order valence-corrected chi connectivity index (χ2v) is 5.95. The third kappa shape index (κ3) is 4.46. The molecular formula is C15H18FN3OS. The van der Waals surface area contributed by atoms with Gasteiger partial charge in [-0.05, 0) is 36.8 Å². The number of benzene rings is 1. The first-order valence-corrected chi connectivity index (χ1v) is 7.37. The summed E-state index contributed by atoms with van der Waals surface area (Å²) in [5, 5.41) is 15.5. The third-order valence-electron chi connectivity index (χ3n) is 2.92. The first-order valence-electron chi connectivity index (χ1n) is 6.55. The van der Waals surface area contributed by atoms with Crippen molar-refractivity contribution < 1.29 is 9.50 Å². The molecule has 0 spiro atoms. The average molecular weight is 307 g/mol. The predicted molar refractivity (Wildman–Crippen MR) is 84.2 cm³/mol. The highest BCUT2D eigenvalue weighted by atomic mass is 32.1. The Morgan fingerprint density at radius 2 is 2.00 bits per heavy atom. The van der Waals surface area contributed by atoms with Crippen LogP contribution in [0.3, 0.4) is 0 Å². The van der Waals surface area contributed by atoms with Crippen LogP contribution in [0.15, 0.2) is 35.3 Å². The molecule has 2 aromatic rings. The Labute approximate surface area is 127 Å². The quantitative estimate of drug-likeness (QED) is 0.601. The fourth-order valence-corrected chi connectivity index (χ4v) is 2.65. The van der Waals surface area contributed by atoms with Gasteiger partial charge in [0.25, 0.3) is 0 Å². The van der Waals surface area contributed by atoms with Gasteiger partial charge in [-0.15, -0.1) is 11.3 Å². The zero-order chi connectivity index (χ0) is 15.2. The molecular weight excluding hydrogens is 289 g/mol. The van der Waals surface area contributed by atoms with Gasteiger partial charge in [-0.25, -0.2) is 4.39 Å². The summed E-state index contributed by atoms with van der Waals surface area (Å²) in [6.07, 6.45) is 0. The number of guanidine groups is 1. The van der Waals surface area contributed by atoms with Crippen LogP contribution in [0.5, 0.6) is 5.75 Å². The topological polar surface area (TPSA) is 56.7 Å². The van der Waals surface area contributed by atoms with Gasteiger partial charge >= 0.3 is 0 Å². The number of aromatic hydroxyl groups is 1. The van der Waals surface area contributed by atoms with Gasteiger partial charge in [0.1, 0.15) is 0 Å². The summed E-state index contributed by atoms with van der Waals surface area (Å²) >= 11 is 1.74. The van der Waals surface area contributed by atoms with Crippen molar-refractivity contribution in [2.45, 2.75) is 20.0 Å². The third-order valence-corrected chi connectivity index (χ3v) is 3.92. The summed E-state index contributed by atoms with van der Waals surface area (Å²) in [5.41, 5.74) is 0.736. The van der Waals surface area contributed by atoms with E-state index in [1.54, 1.807) is 24.5 Å². The van der Waals surface area contributed by atoms with Gasteiger partial charge in [-0.3, -0.25) is 4.99 Å². The van der Waals surface area contributed by atoms with Gasteiger partial charge in [0.15, 0.2) is 17.5 Å². The molecule has 0 atom stereocenters. The van der Waals surface area contributed by atoms with E-state index in [1.807, 2.05) is 0 Å². The van der Waals surface area contributed by atoms with Gasteiger partial charge < -0.3 is 15.7 Å². The lowest BCUT2D eigenvalue weighted by molar-refractivity contribution is 0.431. The molecule has 0 saturated heterocycles. The van der Waals surface area contributed by atoms with Crippen molar-refractivity contribution in [1.82, 2.24) is 10.6 Å². The number of aryl methyl sites for hydroxylation is 1. The lowest BCUT2D eigenvalue weighted by Gasteiger charge is -2.11. The molecule has 1 heterocycles. The summed E-state index contributed by atoms with van der Waals surface area (Å²) in [6, 6.07) is 8.48. The Hall–Kier alpha value is -2.08. The monoisotopic (exact) mass is 307 g/mol. The number of rotatable bonds is 4. The van der Waals surface area contributed by atoms with Crippen LogP contribution in [0.1, 0.15) is 15.3 Å². The number of hydrogen-bond donors (Lipinski definition) is 3. The fourth-order valence-electron chi connectivity index (χ4n) is 1.82. The SMILES string of the molecule is CN=C(NCc1ccc(O)c(F)c1)NCc1ccc(C)s1. The number of nitrogens with zero attached hydrogens (tertiary/aromatic N) is 1. The Morgan fingerprint density at radius 1 is 1.24 bits per heavy atom. The molecule has 2 rings (SSSR count). The Balaban J connectivity index is 1.86. The number of halogens is 1. The molecule has 0 aliphatic heterocycles. The Bertz CT molecular complexity index is 640. The summed E-state index contributed by atoms with van der Waals surface area (Å²) in [5.74, 6) is -0.310. The molecule has 0 aliphatic carbocycles. The summed E-state index contributed by atoms with van der Waals surface area (Å²) < 4.78 is 13.2. The average Bonchev–Trinajstić information content (AvgIpc) is 2.88. The second kappa shape index (κ2) is 7.08. The molecule has 3 N–H and O–H groups in total. The molecule has 0 radical (unpaired) electrons. The van der Waals surface area contributed by atoms with Crippen LogP contribution in [0.2, 0.25) is 0 Å². The predicted octanol–water partition coefficient (Wildman–Crippen LogP) is 2.77. The number of aliphatic imine (C=N–C) groups is 1. The number of phenolic OH excluding ortho intramolecular Hbond substituents is 1. The van der Waals surface area contributed by atoms with E-state index in [2.05, 4.69) is 34.7 Å². The Kier molecular flexibility index (Phi) is 5.16. The van der Waals surface area contributed by atoms with E-state index in [0.29, 0.717) is 19.0 Å². The van der Waals surface area contributed by atoms with Crippen molar-refractivity contribution in [2.75, 3.05) is 7.05 Å². The molecule has 0 unspecified atom stereocenters. The van der Waals surface area contributed by atoms with Crippen LogP contribution in [0.25, 0.3) is 0 Å². The molecule has 21 heavy (non-hydrogen) atoms. The minimum Gasteiger partial charge on any atom is -0.505 e. The maximum absolute atomic E-state index is 13.2. The van der Waals surface area contributed by atoms with Gasteiger partial charge in [0.2, 0.25) is 0 Å². The largest absolute Gasteiger partial charge is 0.505 e. The van der Waals surface area contributed by atoms with Gasteiger partial charge in [0, 0.05) is 23.3 Å². The van der Waals surface area contributed by atoms with E-state index in [0.717, 1.165) is 5.56 Å². The van der Waals surface area contributed by atoms with Crippen LogP contribution < -0.4 is 10.6 Å². The molecule has 0 fully saturated rings. The zero-order valence-corrected chi connectivity index (χ0v) is 12.8. The van der Waals surface area contributed by atoms with E-state index >= 15 is 0 Å². The fraction of sp³-hybridized carbons (Fsp3) is 0.267. The van der Waals surface area contributed by atoms with Crippen molar-refractivity contribution >= 4 is 17.3 Å². The lowest BCUT2D eigenvalue weighted by Crippen LogP contribution is -2.36. The highest BCUT2D eigenvalue weighted by Gasteiger charge is 2.03. The minimum atomic E-state index is -0.619. The molecule has 0 amide bonds. The lowest BCUT2D eigenvalue weighted by atomic mass is 10.2. The molecule has 0 saturated carbocycles. The van der Waals surface area contributed by atoms with Gasteiger partial charge in [-0.2, -0.15) is 0 Å². The van der Waals surface area contributed by atoms with E-state index in [4.69, 9.17) is 5.11 Å². The van der Waals surface area contributed by atoms with E-state index in [1.165, 1.54) is 21.9 Å². The second-order valence-electron chi connectivity index (χ2n) is 4.58. The first-order chi connectivity index (χ1) is 10.1. The number of thiophene rings is 1. The minimum absolute atomic E-state index is 0.339. The number of hydrogen-bond acceptors (Lipinski definition) is 3. The highest BCUT2D eigenvalue weighted by molar-refractivity contribution is 7.11.